The molecule has 0 unspecified atom stereocenters. The summed E-state index contributed by atoms with van der Waals surface area (Å²) < 4.78 is 0. The van der Waals surface area contributed by atoms with Crippen molar-refractivity contribution < 1.29 is 9.59 Å². The predicted octanol–water partition coefficient (Wildman–Crippen LogP) is 2.51. The van der Waals surface area contributed by atoms with E-state index < -0.39 is 0 Å². The average Bonchev–Trinajstić information content (AvgIpc) is 2.46. The second-order valence-electron chi connectivity index (χ2n) is 5.84. The van der Waals surface area contributed by atoms with E-state index in [4.69, 9.17) is 0 Å². The fourth-order valence-electron chi connectivity index (χ4n) is 3.05. The van der Waals surface area contributed by atoms with Crippen LogP contribution in [-0.2, 0) is 9.59 Å². The highest BCUT2D eigenvalue weighted by molar-refractivity contribution is 5.85. The maximum absolute atomic E-state index is 12.5. The third-order valence-electron chi connectivity index (χ3n) is 3.96. The molecule has 1 heterocycles. The van der Waals surface area contributed by atoms with Crippen LogP contribution in [-0.4, -0.2) is 29.3 Å². The van der Waals surface area contributed by atoms with Gasteiger partial charge in [-0.1, -0.05) is 30.3 Å². The van der Waals surface area contributed by atoms with Crippen LogP contribution in [0.25, 0.3) is 0 Å². The van der Waals surface area contributed by atoms with E-state index in [9.17, 15) is 9.59 Å². The van der Waals surface area contributed by atoms with Crippen LogP contribution in [0.3, 0.4) is 0 Å². The molecule has 1 aromatic rings. The molecule has 0 saturated carbocycles. The Morgan fingerprint density at radius 2 is 2.00 bits per heavy atom. The lowest BCUT2D eigenvalue weighted by atomic mass is 9.83. The minimum atomic E-state index is -0.174. The quantitative estimate of drug-likeness (QED) is 0.925. The van der Waals surface area contributed by atoms with Gasteiger partial charge in [0, 0.05) is 19.0 Å². The molecule has 0 bridgehead atoms. The zero-order valence-corrected chi connectivity index (χ0v) is 13.0. The van der Waals surface area contributed by atoms with E-state index in [2.05, 4.69) is 5.32 Å². The van der Waals surface area contributed by atoms with Crippen molar-refractivity contribution >= 4 is 11.8 Å². The number of amides is 2. The molecule has 1 fully saturated rings. The maximum Gasteiger partial charge on any atom is 0.225 e. The summed E-state index contributed by atoms with van der Waals surface area (Å²) >= 11 is 0. The number of piperidine rings is 1. The normalized spacial score (nSPS) is 22.5. The van der Waals surface area contributed by atoms with Crippen molar-refractivity contribution in [3.63, 3.8) is 0 Å². The number of likely N-dealkylation sites (tertiary alicyclic amines) is 1. The number of benzene rings is 1. The summed E-state index contributed by atoms with van der Waals surface area (Å²) in [6, 6.07) is 9.83. The number of carbonyl (C=O) groups is 2. The Morgan fingerprint density at radius 1 is 1.33 bits per heavy atom. The van der Waals surface area contributed by atoms with Gasteiger partial charge in [0.2, 0.25) is 11.8 Å². The Kier molecular flexibility index (Phi) is 4.99. The zero-order valence-electron chi connectivity index (χ0n) is 13.0. The average molecular weight is 288 g/mol. The molecule has 1 aliphatic rings. The minimum Gasteiger partial charge on any atom is -0.354 e. The first-order chi connectivity index (χ1) is 10.0. The molecule has 1 saturated heterocycles. The highest BCUT2D eigenvalue weighted by atomic mass is 16.2. The van der Waals surface area contributed by atoms with Gasteiger partial charge in [-0.3, -0.25) is 9.59 Å². The molecule has 0 aliphatic carbocycles. The first-order valence-electron chi connectivity index (χ1n) is 7.69. The van der Waals surface area contributed by atoms with E-state index in [-0.39, 0.29) is 29.8 Å². The number of nitrogens with one attached hydrogen (secondary N) is 1. The summed E-state index contributed by atoms with van der Waals surface area (Å²) in [5.74, 6) is 0.0113. The van der Waals surface area contributed by atoms with Gasteiger partial charge in [0.25, 0.3) is 0 Å². The number of hydrogen-bond donors (Lipinski definition) is 1. The second kappa shape index (κ2) is 6.74. The summed E-state index contributed by atoms with van der Waals surface area (Å²) in [5.41, 5.74) is 1.04. The lowest BCUT2D eigenvalue weighted by molar-refractivity contribution is -0.143. The van der Waals surface area contributed by atoms with Crippen LogP contribution in [0.2, 0.25) is 0 Å². The molecule has 2 amide bonds. The van der Waals surface area contributed by atoms with Gasteiger partial charge >= 0.3 is 0 Å². The number of carbonyl (C=O) groups excluding carboxylic acids is 2. The summed E-state index contributed by atoms with van der Waals surface area (Å²) in [5, 5.41) is 2.99. The predicted molar refractivity (Wildman–Crippen MR) is 82.6 cm³/mol. The van der Waals surface area contributed by atoms with Gasteiger partial charge in [-0.05, 0) is 32.8 Å². The van der Waals surface area contributed by atoms with Gasteiger partial charge in [-0.25, -0.2) is 0 Å². The minimum absolute atomic E-state index is 0.0461. The molecule has 4 nitrogen and oxygen atoms in total. The number of nitrogens with zero attached hydrogens (tertiary/aromatic N) is 1. The smallest absolute Gasteiger partial charge is 0.225 e. The van der Waals surface area contributed by atoms with Crippen molar-refractivity contribution in [3.8, 4) is 0 Å². The third-order valence-corrected chi connectivity index (χ3v) is 3.96. The second-order valence-corrected chi connectivity index (χ2v) is 5.84. The largest absolute Gasteiger partial charge is 0.354 e. The van der Waals surface area contributed by atoms with Gasteiger partial charge < -0.3 is 10.2 Å². The zero-order chi connectivity index (χ0) is 15.4. The van der Waals surface area contributed by atoms with E-state index >= 15 is 0 Å². The van der Waals surface area contributed by atoms with Gasteiger partial charge in [0.15, 0.2) is 0 Å². The van der Waals surface area contributed by atoms with Crippen molar-refractivity contribution in [2.75, 3.05) is 6.54 Å². The lowest BCUT2D eigenvalue weighted by Crippen LogP contribution is -2.49. The van der Waals surface area contributed by atoms with E-state index in [1.165, 1.54) is 0 Å². The van der Waals surface area contributed by atoms with Crippen LogP contribution in [0.5, 0.6) is 0 Å². The summed E-state index contributed by atoms with van der Waals surface area (Å²) in [7, 11) is 0. The van der Waals surface area contributed by atoms with Crippen molar-refractivity contribution in [1.29, 1.82) is 0 Å². The van der Waals surface area contributed by atoms with Gasteiger partial charge in [-0.2, -0.15) is 0 Å². The standard InChI is InChI=1S/C17H24N2O2/c1-4-19-15(20)11-10-14(17(21)18-12(2)3)16(19)13-8-6-5-7-9-13/h5-9,12,14,16H,4,10-11H2,1-3H3,(H,18,21)/t14-,16+/m1/s1. The van der Waals surface area contributed by atoms with Gasteiger partial charge in [0.05, 0.1) is 12.0 Å². The first-order valence-corrected chi connectivity index (χ1v) is 7.69. The Labute approximate surface area is 126 Å². The molecule has 4 heteroatoms. The molecule has 1 N–H and O–H groups in total. The van der Waals surface area contributed by atoms with Crippen molar-refractivity contribution in [1.82, 2.24) is 10.2 Å². The van der Waals surface area contributed by atoms with Crippen LogP contribution in [0, 0.1) is 5.92 Å². The van der Waals surface area contributed by atoms with E-state index in [0.717, 1.165) is 5.56 Å². The molecule has 2 rings (SSSR count). The molecular formula is C17H24N2O2. The molecular weight excluding hydrogens is 264 g/mol. The van der Waals surface area contributed by atoms with Crippen LogP contribution in [0.15, 0.2) is 30.3 Å². The molecule has 0 aromatic heterocycles. The topological polar surface area (TPSA) is 49.4 Å². The molecule has 2 atom stereocenters. The molecule has 0 radical (unpaired) electrons. The van der Waals surface area contributed by atoms with Crippen LogP contribution in [0.4, 0.5) is 0 Å². The highest BCUT2D eigenvalue weighted by Gasteiger charge is 2.39. The Hall–Kier alpha value is -1.84. The highest BCUT2D eigenvalue weighted by Crippen LogP contribution is 2.36. The lowest BCUT2D eigenvalue weighted by Gasteiger charge is -2.40. The van der Waals surface area contributed by atoms with Crippen molar-refractivity contribution in [2.45, 2.75) is 45.7 Å². The first kappa shape index (κ1) is 15.5. The number of rotatable bonds is 4. The van der Waals surface area contributed by atoms with Crippen LogP contribution >= 0.6 is 0 Å². The summed E-state index contributed by atoms with van der Waals surface area (Å²) in [6.07, 6.45) is 1.07. The molecule has 1 aliphatic heterocycles. The van der Waals surface area contributed by atoms with Crippen LogP contribution in [0.1, 0.15) is 45.2 Å². The maximum atomic E-state index is 12.5. The fraction of sp³-hybridized carbons (Fsp3) is 0.529. The Bertz CT molecular complexity index is 499. The van der Waals surface area contributed by atoms with E-state index in [1.807, 2.05) is 56.0 Å². The Balaban J connectivity index is 2.33. The monoisotopic (exact) mass is 288 g/mol. The SMILES string of the molecule is CCN1C(=O)CC[C@@H](C(=O)NC(C)C)[C@@H]1c1ccccc1. The molecule has 0 spiro atoms. The van der Waals surface area contributed by atoms with Gasteiger partial charge in [0.1, 0.15) is 0 Å². The van der Waals surface area contributed by atoms with Crippen molar-refractivity contribution in [2.24, 2.45) is 5.92 Å². The third kappa shape index (κ3) is 3.43. The van der Waals surface area contributed by atoms with Crippen molar-refractivity contribution in [3.05, 3.63) is 35.9 Å². The number of hydrogen-bond acceptors (Lipinski definition) is 2. The fourth-order valence-corrected chi connectivity index (χ4v) is 3.05. The molecule has 114 valence electrons. The summed E-state index contributed by atoms with van der Waals surface area (Å²) in [4.78, 5) is 26.5. The molecule has 1 aromatic carbocycles. The van der Waals surface area contributed by atoms with E-state index in [1.54, 1.807) is 0 Å². The summed E-state index contributed by atoms with van der Waals surface area (Å²) in [6.45, 7) is 6.52. The van der Waals surface area contributed by atoms with Gasteiger partial charge in [-0.15, -0.1) is 0 Å². The van der Waals surface area contributed by atoms with Crippen LogP contribution < -0.4 is 5.32 Å². The Morgan fingerprint density at radius 3 is 2.57 bits per heavy atom. The van der Waals surface area contributed by atoms with E-state index in [0.29, 0.717) is 19.4 Å². The molecule has 21 heavy (non-hydrogen) atoms.